The Morgan fingerprint density at radius 1 is 1.45 bits per heavy atom. The second-order valence-corrected chi connectivity index (χ2v) is 6.36. The summed E-state index contributed by atoms with van der Waals surface area (Å²) in [6.45, 7) is 2.41. The van der Waals surface area contributed by atoms with Crippen LogP contribution >= 0.6 is 11.6 Å². The molecule has 0 saturated heterocycles. The topological polar surface area (TPSA) is 104 Å². The third-order valence-electron chi connectivity index (χ3n) is 2.70. The van der Waals surface area contributed by atoms with E-state index in [1.807, 2.05) is 6.92 Å². The van der Waals surface area contributed by atoms with Gasteiger partial charge in [0.15, 0.2) is 10.8 Å². The molecule has 0 aromatic carbocycles. The van der Waals surface area contributed by atoms with Crippen molar-refractivity contribution in [2.45, 2.75) is 19.8 Å². The van der Waals surface area contributed by atoms with Gasteiger partial charge in [0.05, 0.1) is 6.33 Å². The summed E-state index contributed by atoms with van der Waals surface area (Å²) in [5, 5.41) is 0.112. The fourth-order valence-corrected chi connectivity index (χ4v) is 2.60. The molecule has 0 bridgehead atoms. The molecule has 0 amide bonds. The van der Waals surface area contributed by atoms with Crippen molar-refractivity contribution in [3.8, 4) is 0 Å². The van der Waals surface area contributed by atoms with Crippen LogP contribution in [0.1, 0.15) is 19.8 Å². The number of aromatic amines is 1. The maximum atomic E-state index is 12.1. The molecule has 8 nitrogen and oxygen atoms in total. The first-order valence-electron chi connectivity index (χ1n) is 6.04. The second-order valence-electron chi connectivity index (χ2n) is 4.22. The summed E-state index contributed by atoms with van der Waals surface area (Å²) in [4.78, 5) is 14.6. The summed E-state index contributed by atoms with van der Waals surface area (Å²) in [6, 6.07) is 0. The van der Waals surface area contributed by atoms with E-state index in [0.717, 1.165) is 12.8 Å². The van der Waals surface area contributed by atoms with Crippen LogP contribution in [-0.2, 0) is 10.2 Å². The summed E-state index contributed by atoms with van der Waals surface area (Å²) >= 11 is 5.92. The highest BCUT2D eigenvalue weighted by Crippen LogP contribution is 2.19. The van der Waals surface area contributed by atoms with Crippen LogP contribution in [0.15, 0.2) is 6.33 Å². The lowest BCUT2D eigenvalue weighted by molar-refractivity contribution is 0.463. The van der Waals surface area contributed by atoms with E-state index in [1.54, 1.807) is 0 Å². The van der Waals surface area contributed by atoms with E-state index in [-0.39, 0.29) is 11.1 Å². The molecule has 0 spiro atoms. The summed E-state index contributed by atoms with van der Waals surface area (Å²) < 4.78 is 27.6. The quantitative estimate of drug-likeness (QED) is 0.783. The Balaban J connectivity index is 2.22. The maximum Gasteiger partial charge on any atom is 0.303 e. The highest BCUT2D eigenvalue weighted by Gasteiger charge is 2.19. The fraction of sp³-hybridized carbons (Fsp3) is 0.500. The van der Waals surface area contributed by atoms with Crippen LogP contribution in [0.2, 0.25) is 5.15 Å². The third-order valence-corrected chi connectivity index (χ3v) is 4.42. The van der Waals surface area contributed by atoms with Crippen LogP contribution < -0.4 is 4.72 Å². The van der Waals surface area contributed by atoms with Crippen molar-refractivity contribution < 1.29 is 8.42 Å². The first-order chi connectivity index (χ1) is 9.44. The SMILES string of the molecule is CCCCN(C)S(=O)(=O)Nc1nc(Cl)c2[nH]cnc2n1. The van der Waals surface area contributed by atoms with Gasteiger partial charge in [0, 0.05) is 13.6 Å². The van der Waals surface area contributed by atoms with E-state index in [4.69, 9.17) is 11.6 Å². The predicted octanol–water partition coefficient (Wildman–Crippen LogP) is 1.39. The van der Waals surface area contributed by atoms with Gasteiger partial charge in [-0.3, -0.25) is 0 Å². The Morgan fingerprint density at radius 3 is 2.90 bits per heavy atom. The average Bonchev–Trinajstić information content (AvgIpc) is 2.84. The van der Waals surface area contributed by atoms with Gasteiger partial charge in [0.2, 0.25) is 5.95 Å². The molecule has 10 heteroatoms. The summed E-state index contributed by atoms with van der Waals surface area (Å²) in [7, 11) is -2.20. The molecule has 20 heavy (non-hydrogen) atoms. The number of rotatable bonds is 6. The van der Waals surface area contributed by atoms with E-state index in [2.05, 4.69) is 24.7 Å². The highest BCUT2D eigenvalue weighted by molar-refractivity contribution is 7.90. The number of fused-ring (bicyclic) bond motifs is 1. The van der Waals surface area contributed by atoms with Crippen molar-refractivity contribution >= 4 is 38.9 Å². The van der Waals surface area contributed by atoms with Crippen LogP contribution in [0.3, 0.4) is 0 Å². The monoisotopic (exact) mass is 318 g/mol. The summed E-state index contributed by atoms with van der Waals surface area (Å²) in [6.07, 6.45) is 3.09. The zero-order valence-electron chi connectivity index (χ0n) is 11.1. The number of nitrogens with one attached hydrogen (secondary N) is 2. The molecule has 0 radical (unpaired) electrons. The van der Waals surface area contributed by atoms with Gasteiger partial charge in [-0.05, 0) is 6.42 Å². The molecule has 2 aromatic rings. The molecule has 0 aliphatic heterocycles. The van der Waals surface area contributed by atoms with Crippen LogP contribution in [0.4, 0.5) is 5.95 Å². The molecule has 110 valence electrons. The van der Waals surface area contributed by atoms with E-state index >= 15 is 0 Å². The fourth-order valence-electron chi connectivity index (χ4n) is 1.54. The number of halogens is 1. The Bertz CT molecular complexity index is 701. The van der Waals surface area contributed by atoms with Crippen molar-refractivity contribution in [3.63, 3.8) is 0 Å². The lowest BCUT2D eigenvalue weighted by atomic mass is 10.3. The molecule has 0 saturated carbocycles. The molecule has 0 unspecified atom stereocenters. The first-order valence-corrected chi connectivity index (χ1v) is 7.86. The summed E-state index contributed by atoms with van der Waals surface area (Å²) in [5.41, 5.74) is 0.771. The van der Waals surface area contributed by atoms with Gasteiger partial charge >= 0.3 is 10.2 Å². The zero-order valence-corrected chi connectivity index (χ0v) is 12.7. The molecular weight excluding hydrogens is 304 g/mol. The smallest absolute Gasteiger partial charge is 0.303 e. The lowest BCUT2D eigenvalue weighted by Gasteiger charge is -2.16. The molecule has 2 N–H and O–H groups in total. The van der Waals surface area contributed by atoms with Crippen molar-refractivity contribution in [2.75, 3.05) is 18.3 Å². The minimum Gasteiger partial charge on any atom is -0.341 e. The van der Waals surface area contributed by atoms with Crippen molar-refractivity contribution in [2.24, 2.45) is 0 Å². The second kappa shape index (κ2) is 5.90. The van der Waals surface area contributed by atoms with Gasteiger partial charge in [-0.1, -0.05) is 24.9 Å². The minimum atomic E-state index is -3.69. The molecule has 2 aromatic heterocycles. The normalized spacial score (nSPS) is 12.2. The van der Waals surface area contributed by atoms with Gasteiger partial charge in [-0.2, -0.15) is 22.7 Å². The third kappa shape index (κ3) is 3.17. The number of hydrogen-bond donors (Lipinski definition) is 2. The first kappa shape index (κ1) is 14.9. The molecule has 0 atom stereocenters. The Labute approximate surface area is 121 Å². The van der Waals surface area contributed by atoms with Crippen LogP contribution in [0.5, 0.6) is 0 Å². The standard InChI is InChI=1S/C10H15ClN6O2S/c1-3-4-5-17(2)20(18,19)16-10-14-8(11)7-9(15-10)13-6-12-7/h6H,3-5H2,1-2H3,(H2,12,13,14,15,16). The van der Waals surface area contributed by atoms with Crippen molar-refractivity contribution in [3.05, 3.63) is 11.5 Å². The molecular formula is C10H15ClN6O2S. The minimum absolute atomic E-state index is 0.0991. The number of imidazole rings is 1. The number of unbranched alkanes of at least 4 members (excludes halogenated alkanes) is 1. The van der Waals surface area contributed by atoms with Gasteiger partial charge in [0.1, 0.15) is 5.52 Å². The Hall–Kier alpha value is -1.45. The Morgan fingerprint density at radius 2 is 2.20 bits per heavy atom. The van der Waals surface area contributed by atoms with Crippen LogP contribution in [0, 0.1) is 0 Å². The van der Waals surface area contributed by atoms with Gasteiger partial charge in [0.25, 0.3) is 0 Å². The van der Waals surface area contributed by atoms with E-state index in [9.17, 15) is 8.42 Å². The number of anilines is 1. The van der Waals surface area contributed by atoms with Crippen molar-refractivity contribution in [1.82, 2.24) is 24.2 Å². The van der Waals surface area contributed by atoms with Crippen LogP contribution in [0.25, 0.3) is 11.2 Å². The molecule has 0 aliphatic rings. The van der Waals surface area contributed by atoms with E-state index in [1.165, 1.54) is 17.7 Å². The largest absolute Gasteiger partial charge is 0.341 e. The molecule has 0 fully saturated rings. The number of nitrogens with zero attached hydrogens (tertiary/aromatic N) is 4. The van der Waals surface area contributed by atoms with Crippen LogP contribution in [-0.4, -0.2) is 46.3 Å². The number of aromatic nitrogens is 4. The molecule has 2 heterocycles. The van der Waals surface area contributed by atoms with Gasteiger partial charge in [-0.25, -0.2) is 9.71 Å². The van der Waals surface area contributed by atoms with Gasteiger partial charge < -0.3 is 4.98 Å². The highest BCUT2D eigenvalue weighted by atomic mass is 35.5. The number of H-pyrrole nitrogens is 1. The maximum absolute atomic E-state index is 12.1. The Kier molecular flexibility index (Phi) is 4.41. The number of hydrogen-bond acceptors (Lipinski definition) is 5. The molecule has 2 rings (SSSR count). The van der Waals surface area contributed by atoms with E-state index < -0.39 is 10.2 Å². The predicted molar refractivity (Wildman–Crippen MR) is 76.8 cm³/mol. The summed E-state index contributed by atoms with van der Waals surface area (Å²) in [5.74, 6) is -0.0991. The van der Waals surface area contributed by atoms with Crippen molar-refractivity contribution in [1.29, 1.82) is 0 Å². The lowest BCUT2D eigenvalue weighted by Crippen LogP contribution is -2.33. The van der Waals surface area contributed by atoms with Gasteiger partial charge in [-0.15, -0.1) is 0 Å². The molecule has 0 aliphatic carbocycles. The zero-order chi connectivity index (χ0) is 14.8. The van der Waals surface area contributed by atoms with E-state index in [0.29, 0.717) is 17.7 Å². The average molecular weight is 319 g/mol.